The van der Waals surface area contributed by atoms with Crippen molar-refractivity contribution in [2.75, 3.05) is 6.54 Å². The molecule has 0 radical (unpaired) electrons. The number of nitrogens with one attached hydrogen (secondary N) is 1. The summed E-state index contributed by atoms with van der Waals surface area (Å²) in [5, 5.41) is 3.56. The van der Waals surface area contributed by atoms with E-state index >= 15 is 0 Å². The van der Waals surface area contributed by atoms with Crippen molar-refractivity contribution in [3.63, 3.8) is 0 Å². The smallest absolute Gasteiger partial charge is 0.143 e. The predicted octanol–water partition coefficient (Wildman–Crippen LogP) is 4.58. The summed E-state index contributed by atoms with van der Waals surface area (Å²) in [5.74, 6) is -0.842. The predicted molar refractivity (Wildman–Crippen MR) is 79.7 cm³/mol. The van der Waals surface area contributed by atoms with Crippen LogP contribution >= 0.6 is 15.9 Å². The van der Waals surface area contributed by atoms with Gasteiger partial charge in [0.25, 0.3) is 0 Å². The third-order valence-corrected chi connectivity index (χ3v) is 5.31. The van der Waals surface area contributed by atoms with Crippen LogP contribution in [0.4, 0.5) is 8.78 Å². The molecule has 4 heteroatoms. The lowest BCUT2D eigenvalue weighted by atomic mass is 9.79. The highest BCUT2D eigenvalue weighted by molar-refractivity contribution is 9.10. The van der Waals surface area contributed by atoms with Crippen molar-refractivity contribution in [2.24, 2.45) is 5.41 Å². The van der Waals surface area contributed by atoms with E-state index in [0.717, 1.165) is 19.4 Å². The first kappa shape index (κ1) is 14.5. The van der Waals surface area contributed by atoms with Gasteiger partial charge in [-0.1, -0.05) is 12.8 Å². The maximum absolute atomic E-state index is 14.2. The molecule has 20 heavy (non-hydrogen) atoms. The van der Waals surface area contributed by atoms with Crippen molar-refractivity contribution >= 4 is 15.9 Å². The minimum atomic E-state index is -0.428. The van der Waals surface area contributed by atoms with Crippen molar-refractivity contribution in [2.45, 2.75) is 51.0 Å². The normalized spacial score (nSPS) is 21.4. The van der Waals surface area contributed by atoms with Crippen molar-refractivity contribution in [1.29, 1.82) is 0 Å². The molecule has 0 bridgehead atoms. The quantitative estimate of drug-likeness (QED) is 0.771. The first-order chi connectivity index (χ1) is 9.60. The van der Waals surface area contributed by atoms with Gasteiger partial charge >= 0.3 is 0 Å². The molecule has 0 saturated heterocycles. The molecule has 0 atom stereocenters. The Balaban J connectivity index is 1.80. The standard InChI is InChI=1S/C16H20BrF2N/c17-13-5-6-14(18)12(15(13)19)9-16(7-1-2-8-16)10-20-11-3-4-11/h5-6,11,20H,1-4,7-10H2. The number of hydrogen-bond donors (Lipinski definition) is 1. The molecular weight excluding hydrogens is 324 g/mol. The van der Waals surface area contributed by atoms with E-state index in [1.54, 1.807) is 0 Å². The van der Waals surface area contributed by atoms with Gasteiger partial charge in [-0.2, -0.15) is 0 Å². The van der Waals surface area contributed by atoms with E-state index in [1.807, 2.05) is 0 Å². The van der Waals surface area contributed by atoms with Gasteiger partial charge in [0.1, 0.15) is 11.6 Å². The molecule has 110 valence electrons. The molecule has 2 saturated carbocycles. The van der Waals surface area contributed by atoms with Crippen LogP contribution in [-0.2, 0) is 6.42 Å². The monoisotopic (exact) mass is 343 g/mol. The molecule has 0 spiro atoms. The summed E-state index contributed by atoms with van der Waals surface area (Å²) in [6, 6.07) is 3.45. The van der Waals surface area contributed by atoms with Gasteiger partial charge in [-0.3, -0.25) is 0 Å². The van der Waals surface area contributed by atoms with Gasteiger partial charge in [0.15, 0.2) is 0 Å². The van der Waals surface area contributed by atoms with Gasteiger partial charge in [0, 0.05) is 18.2 Å². The zero-order chi connectivity index (χ0) is 14.2. The molecule has 0 aliphatic heterocycles. The van der Waals surface area contributed by atoms with Crippen LogP contribution in [0.1, 0.15) is 44.1 Å². The summed E-state index contributed by atoms with van der Waals surface area (Å²) < 4.78 is 28.5. The fraction of sp³-hybridized carbons (Fsp3) is 0.625. The number of rotatable bonds is 5. The fourth-order valence-electron chi connectivity index (χ4n) is 3.30. The lowest BCUT2D eigenvalue weighted by molar-refractivity contribution is 0.269. The van der Waals surface area contributed by atoms with E-state index in [2.05, 4.69) is 21.2 Å². The SMILES string of the molecule is Fc1ccc(Br)c(F)c1CC1(CNC2CC2)CCCC1. The summed E-state index contributed by atoms with van der Waals surface area (Å²) in [6.45, 7) is 0.892. The number of benzene rings is 1. The molecule has 1 aromatic carbocycles. The van der Waals surface area contributed by atoms with Gasteiger partial charge in [-0.05, 0) is 65.6 Å². The second kappa shape index (κ2) is 5.72. The highest BCUT2D eigenvalue weighted by atomic mass is 79.9. The Morgan fingerprint density at radius 2 is 1.90 bits per heavy atom. The lowest BCUT2D eigenvalue weighted by Crippen LogP contribution is -2.35. The van der Waals surface area contributed by atoms with Crippen molar-refractivity contribution in [3.8, 4) is 0 Å². The summed E-state index contributed by atoms with van der Waals surface area (Å²) in [6.07, 6.45) is 7.47. The summed E-state index contributed by atoms with van der Waals surface area (Å²) in [5.41, 5.74) is 0.282. The molecule has 0 amide bonds. The van der Waals surface area contributed by atoms with Gasteiger partial charge in [0.2, 0.25) is 0 Å². The molecular formula is C16H20BrF2N. The third-order valence-electron chi connectivity index (χ3n) is 4.70. The van der Waals surface area contributed by atoms with E-state index in [1.165, 1.54) is 37.8 Å². The Bertz CT molecular complexity index is 493. The third kappa shape index (κ3) is 3.06. The molecule has 1 aromatic rings. The minimum Gasteiger partial charge on any atom is -0.313 e. The van der Waals surface area contributed by atoms with Crippen LogP contribution in [-0.4, -0.2) is 12.6 Å². The zero-order valence-electron chi connectivity index (χ0n) is 11.5. The highest BCUT2D eigenvalue weighted by Gasteiger charge is 2.37. The van der Waals surface area contributed by atoms with E-state index in [0.29, 0.717) is 16.9 Å². The maximum Gasteiger partial charge on any atom is 0.143 e. The maximum atomic E-state index is 14.2. The molecule has 3 rings (SSSR count). The lowest BCUT2D eigenvalue weighted by Gasteiger charge is -2.30. The molecule has 2 aliphatic rings. The first-order valence-corrected chi connectivity index (χ1v) is 8.25. The Kier molecular flexibility index (Phi) is 4.14. The Morgan fingerprint density at radius 3 is 2.55 bits per heavy atom. The summed E-state index contributed by atoms with van der Waals surface area (Å²) >= 11 is 3.16. The topological polar surface area (TPSA) is 12.0 Å². The largest absolute Gasteiger partial charge is 0.313 e. The molecule has 2 aliphatic carbocycles. The van der Waals surface area contributed by atoms with Crippen molar-refractivity contribution < 1.29 is 8.78 Å². The van der Waals surface area contributed by atoms with E-state index in [9.17, 15) is 8.78 Å². The molecule has 0 aromatic heterocycles. The van der Waals surface area contributed by atoms with Crippen LogP contribution < -0.4 is 5.32 Å². The molecule has 1 N–H and O–H groups in total. The van der Waals surface area contributed by atoms with E-state index in [4.69, 9.17) is 0 Å². The minimum absolute atomic E-state index is 0.0328. The molecule has 2 fully saturated rings. The highest BCUT2D eigenvalue weighted by Crippen LogP contribution is 2.42. The van der Waals surface area contributed by atoms with Crippen LogP contribution in [0.2, 0.25) is 0 Å². The number of hydrogen-bond acceptors (Lipinski definition) is 1. The van der Waals surface area contributed by atoms with Crippen LogP contribution in [0, 0.1) is 17.0 Å². The zero-order valence-corrected chi connectivity index (χ0v) is 13.1. The van der Waals surface area contributed by atoms with Crippen LogP contribution in [0.3, 0.4) is 0 Å². The van der Waals surface area contributed by atoms with Gasteiger partial charge in [0.05, 0.1) is 4.47 Å². The second-order valence-electron chi connectivity index (χ2n) is 6.36. The van der Waals surface area contributed by atoms with E-state index < -0.39 is 11.6 Å². The summed E-state index contributed by atoms with van der Waals surface area (Å²) in [7, 11) is 0. The fourth-order valence-corrected chi connectivity index (χ4v) is 3.67. The number of halogens is 3. The summed E-state index contributed by atoms with van der Waals surface area (Å²) in [4.78, 5) is 0. The average Bonchev–Trinajstić information content (AvgIpc) is 3.16. The van der Waals surface area contributed by atoms with Crippen molar-refractivity contribution in [3.05, 3.63) is 33.8 Å². The average molecular weight is 344 g/mol. The second-order valence-corrected chi connectivity index (χ2v) is 7.22. The van der Waals surface area contributed by atoms with Crippen molar-refractivity contribution in [1.82, 2.24) is 5.32 Å². The van der Waals surface area contributed by atoms with Gasteiger partial charge in [-0.25, -0.2) is 8.78 Å². The Hall–Kier alpha value is -0.480. The van der Waals surface area contributed by atoms with Crippen LogP contribution in [0.5, 0.6) is 0 Å². The molecule has 0 heterocycles. The Labute approximate surface area is 127 Å². The van der Waals surface area contributed by atoms with Crippen LogP contribution in [0.25, 0.3) is 0 Å². The Morgan fingerprint density at radius 1 is 1.20 bits per heavy atom. The van der Waals surface area contributed by atoms with Gasteiger partial charge < -0.3 is 5.32 Å². The van der Waals surface area contributed by atoms with E-state index in [-0.39, 0.29) is 11.0 Å². The van der Waals surface area contributed by atoms with Gasteiger partial charge in [-0.15, -0.1) is 0 Å². The van der Waals surface area contributed by atoms with Crippen LogP contribution in [0.15, 0.2) is 16.6 Å². The first-order valence-electron chi connectivity index (χ1n) is 7.45. The molecule has 0 unspecified atom stereocenters. The molecule has 1 nitrogen and oxygen atoms in total.